The van der Waals surface area contributed by atoms with Gasteiger partial charge in [0.1, 0.15) is 24.0 Å². The van der Waals surface area contributed by atoms with Gasteiger partial charge in [-0.2, -0.15) is 5.26 Å². The molecule has 0 atom stereocenters. The summed E-state index contributed by atoms with van der Waals surface area (Å²) in [6, 6.07) is 21.8. The largest absolute Gasteiger partial charge is 0.489 e. The van der Waals surface area contributed by atoms with E-state index in [2.05, 4.69) is 5.32 Å². The van der Waals surface area contributed by atoms with Crippen molar-refractivity contribution in [1.82, 2.24) is 0 Å². The van der Waals surface area contributed by atoms with E-state index in [4.69, 9.17) is 27.9 Å². The molecule has 1 N–H and O–H groups in total. The number of benzene rings is 3. The fourth-order valence-corrected chi connectivity index (χ4v) is 3.09. The molecule has 3 rings (SSSR count). The van der Waals surface area contributed by atoms with E-state index >= 15 is 0 Å². The summed E-state index contributed by atoms with van der Waals surface area (Å²) < 4.78 is 5.75. The fraction of sp³-hybridized carbons (Fsp3) is 0.0833. The third kappa shape index (κ3) is 5.64. The molecule has 0 fully saturated rings. The molecule has 0 saturated carbocycles. The lowest BCUT2D eigenvalue weighted by molar-refractivity contribution is -0.112. The van der Waals surface area contributed by atoms with Gasteiger partial charge in [-0.15, -0.1) is 0 Å². The molecule has 0 aliphatic carbocycles. The van der Waals surface area contributed by atoms with Gasteiger partial charge in [0, 0.05) is 5.02 Å². The smallest absolute Gasteiger partial charge is 0.266 e. The quantitative estimate of drug-likeness (QED) is 0.357. The monoisotopic (exact) mass is 436 g/mol. The summed E-state index contributed by atoms with van der Waals surface area (Å²) in [4.78, 5) is 12.5. The molecule has 0 saturated heterocycles. The predicted molar refractivity (Wildman–Crippen MR) is 121 cm³/mol. The van der Waals surface area contributed by atoms with Gasteiger partial charge in [0.25, 0.3) is 5.91 Å². The topological polar surface area (TPSA) is 62.1 Å². The van der Waals surface area contributed by atoms with Crippen molar-refractivity contribution in [3.63, 3.8) is 0 Å². The van der Waals surface area contributed by atoms with Crippen LogP contribution in [0.2, 0.25) is 10.0 Å². The lowest BCUT2D eigenvalue weighted by Gasteiger charge is -2.10. The minimum atomic E-state index is -0.517. The molecule has 0 bridgehead atoms. The van der Waals surface area contributed by atoms with Gasteiger partial charge < -0.3 is 10.1 Å². The van der Waals surface area contributed by atoms with Gasteiger partial charge >= 0.3 is 0 Å². The third-order valence-corrected chi connectivity index (χ3v) is 4.90. The summed E-state index contributed by atoms with van der Waals surface area (Å²) in [7, 11) is 0. The number of nitrogens with zero attached hydrogens (tertiary/aromatic N) is 1. The molecule has 0 radical (unpaired) electrons. The number of para-hydroxylation sites is 1. The van der Waals surface area contributed by atoms with Crippen LogP contribution in [0, 0.1) is 18.3 Å². The number of aryl methyl sites for hydroxylation is 1. The molecule has 30 heavy (non-hydrogen) atoms. The zero-order chi connectivity index (χ0) is 21.5. The number of nitriles is 1. The molecule has 1 amide bonds. The number of amides is 1. The van der Waals surface area contributed by atoms with Crippen LogP contribution in [-0.4, -0.2) is 5.91 Å². The summed E-state index contributed by atoms with van der Waals surface area (Å²) >= 11 is 12.0. The summed E-state index contributed by atoms with van der Waals surface area (Å²) in [6.45, 7) is 2.25. The summed E-state index contributed by atoms with van der Waals surface area (Å²) in [5.41, 5.74) is 2.99. The third-order valence-electron chi connectivity index (χ3n) is 4.34. The van der Waals surface area contributed by atoms with Gasteiger partial charge in [0.15, 0.2) is 0 Å². The molecule has 3 aromatic carbocycles. The van der Waals surface area contributed by atoms with Crippen molar-refractivity contribution in [2.75, 3.05) is 5.32 Å². The molecule has 0 aliphatic rings. The van der Waals surface area contributed by atoms with E-state index in [9.17, 15) is 10.1 Å². The van der Waals surface area contributed by atoms with Crippen LogP contribution in [0.25, 0.3) is 6.08 Å². The Morgan fingerprint density at radius 3 is 2.40 bits per heavy atom. The summed E-state index contributed by atoms with van der Waals surface area (Å²) in [6.07, 6.45) is 1.52. The number of carbonyl (C=O) groups excluding carboxylic acids is 1. The van der Waals surface area contributed by atoms with E-state index in [-0.39, 0.29) is 5.57 Å². The molecule has 6 heteroatoms. The number of halogens is 2. The van der Waals surface area contributed by atoms with Crippen molar-refractivity contribution in [1.29, 1.82) is 5.26 Å². The van der Waals surface area contributed by atoms with Crippen molar-refractivity contribution in [2.24, 2.45) is 0 Å². The Bertz CT molecular complexity index is 1100. The number of nitrogens with one attached hydrogen (secondary N) is 1. The molecular weight excluding hydrogens is 419 g/mol. The number of carbonyl (C=O) groups is 1. The Kier molecular flexibility index (Phi) is 7.13. The minimum Gasteiger partial charge on any atom is -0.489 e. The summed E-state index contributed by atoms with van der Waals surface area (Å²) in [5.74, 6) is 0.161. The molecule has 0 spiro atoms. The Morgan fingerprint density at radius 1 is 1.07 bits per heavy atom. The highest BCUT2D eigenvalue weighted by Gasteiger charge is 2.13. The van der Waals surface area contributed by atoms with Gasteiger partial charge in [-0.05, 0) is 60.0 Å². The number of rotatable bonds is 6. The van der Waals surface area contributed by atoms with Gasteiger partial charge in [-0.25, -0.2) is 0 Å². The highest BCUT2D eigenvalue weighted by Crippen LogP contribution is 2.26. The molecule has 0 aromatic heterocycles. The second-order valence-electron chi connectivity index (χ2n) is 6.54. The maximum absolute atomic E-state index is 12.5. The summed E-state index contributed by atoms with van der Waals surface area (Å²) in [5, 5.41) is 13.2. The van der Waals surface area contributed by atoms with E-state index in [0.717, 1.165) is 11.1 Å². The van der Waals surface area contributed by atoms with Crippen molar-refractivity contribution in [2.45, 2.75) is 13.5 Å². The van der Waals surface area contributed by atoms with Crippen LogP contribution in [0.4, 0.5) is 5.69 Å². The van der Waals surface area contributed by atoms with Gasteiger partial charge in [-0.3, -0.25) is 4.79 Å². The van der Waals surface area contributed by atoms with Crippen molar-refractivity contribution < 1.29 is 9.53 Å². The van der Waals surface area contributed by atoms with Gasteiger partial charge in [-0.1, -0.05) is 59.6 Å². The van der Waals surface area contributed by atoms with Crippen LogP contribution >= 0.6 is 23.2 Å². The lowest BCUT2D eigenvalue weighted by Crippen LogP contribution is -2.14. The molecule has 3 aromatic rings. The second-order valence-corrected chi connectivity index (χ2v) is 7.38. The molecule has 4 nitrogen and oxygen atoms in total. The van der Waals surface area contributed by atoms with Crippen molar-refractivity contribution in [3.05, 3.63) is 99.0 Å². The first-order chi connectivity index (χ1) is 14.5. The average molecular weight is 437 g/mol. The first-order valence-electron chi connectivity index (χ1n) is 9.12. The molecule has 0 heterocycles. The number of ether oxygens (including phenoxy) is 1. The Hall–Kier alpha value is -3.26. The first-order valence-corrected chi connectivity index (χ1v) is 9.87. The van der Waals surface area contributed by atoms with E-state index in [0.29, 0.717) is 33.7 Å². The van der Waals surface area contributed by atoms with Crippen LogP contribution < -0.4 is 10.1 Å². The standard InChI is InChI=1S/C24H18Cl2N2O2/c1-16-3-2-4-22(26)23(16)28-24(29)19(14-27)13-17-7-11-21(12-8-17)30-15-18-5-9-20(25)10-6-18/h2-13H,15H2,1H3,(H,28,29)/b19-13+. The molecule has 0 aliphatic heterocycles. The van der Waals surface area contributed by atoms with E-state index in [1.165, 1.54) is 6.08 Å². The maximum atomic E-state index is 12.5. The normalized spacial score (nSPS) is 10.9. The van der Waals surface area contributed by atoms with Crippen LogP contribution in [0.1, 0.15) is 16.7 Å². The molecule has 0 unspecified atom stereocenters. The van der Waals surface area contributed by atoms with Crippen molar-refractivity contribution >= 4 is 40.9 Å². The molecule has 150 valence electrons. The first kappa shape index (κ1) is 21.4. The zero-order valence-electron chi connectivity index (χ0n) is 16.2. The minimum absolute atomic E-state index is 0.0239. The lowest BCUT2D eigenvalue weighted by atomic mass is 10.1. The number of hydrogen-bond acceptors (Lipinski definition) is 3. The predicted octanol–water partition coefficient (Wildman–Crippen LogP) is 6.43. The highest BCUT2D eigenvalue weighted by molar-refractivity contribution is 6.34. The van der Waals surface area contributed by atoms with Crippen LogP contribution in [0.15, 0.2) is 72.3 Å². The number of hydrogen-bond donors (Lipinski definition) is 1. The van der Waals surface area contributed by atoms with Crippen LogP contribution in [0.5, 0.6) is 5.75 Å². The Morgan fingerprint density at radius 2 is 1.77 bits per heavy atom. The SMILES string of the molecule is Cc1cccc(Cl)c1NC(=O)/C(C#N)=C/c1ccc(OCc2ccc(Cl)cc2)cc1. The maximum Gasteiger partial charge on any atom is 0.266 e. The van der Waals surface area contributed by atoms with Crippen molar-refractivity contribution in [3.8, 4) is 11.8 Å². The van der Waals surface area contributed by atoms with Crippen LogP contribution in [-0.2, 0) is 11.4 Å². The second kappa shape index (κ2) is 9.98. The number of anilines is 1. The zero-order valence-corrected chi connectivity index (χ0v) is 17.7. The Labute approximate surface area is 185 Å². The van der Waals surface area contributed by atoms with E-state index < -0.39 is 5.91 Å². The Balaban J connectivity index is 1.67. The highest BCUT2D eigenvalue weighted by atomic mass is 35.5. The molecular formula is C24H18Cl2N2O2. The van der Waals surface area contributed by atoms with E-state index in [1.54, 1.807) is 36.4 Å². The van der Waals surface area contributed by atoms with Gasteiger partial charge in [0.2, 0.25) is 0 Å². The average Bonchev–Trinajstić information content (AvgIpc) is 2.75. The fourth-order valence-electron chi connectivity index (χ4n) is 2.69. The van der Waals surface area contributed by atoms with Gasteiger partial charge in [0.05, 0.1) is 10.7 Å². The van der Waals surface area contributed by atoms with E-state index in [1.807, 2.05) is 43.3 Å². The van der Waals surface area contributed by atoms with Crippen LogP contribution in [0.3, 0.4) is 0 Å².